The third-order valence-corrected chi connectivity index (χ3v) is 7.36. The molecule has 6 rings (SSSR count). The van der Waals surface area contributed by atoms with Gasteiger partial charge in [-0.3, -0.25) is 14.1 Å². The van der Waals surface area contributed by atoms with Crippen molar-refractivity contribution in [1.82, 2.24) is 14.3 Å². The highest BCUT2D eigenvalue weighted by Gasteiger charge is 2.21. The number of anilines is 3. The Morgan fingerprint density at radius 1 is 1.00 bits per heavy atom. The topological polar surface area (TPSA) is 65.2 Å². The van der Waals surface area contributed by atoms with Crippen LogP contribution in [-0.4, -0.2) is 58.6 Å². The first-order valence-electron chi connectivity index (χ1n) is 12.2. The maximum absolute atomic E-state index is 11.8. The van der Waals surface area contributed by atoms with Gasteiger partial charge in [0, 0.05) is 62.1 Å². The molecule has 1 fully saturated rings. The van der Waals surface area contributed by atoms with Crippen molar-refractivity contribution in [2.24, 2.45) is 4.99 Å². The van der Waals surface area contributed by atoms with E-state index in [4.69, 9.17) is 11.6 Å². The molecule has 2 aliphatic heterocycles. The highest BCUT2D eigenvalue weighted by atomic mass is 35.5. The van der Waals surface area contributed by atoms with Gasteiger partial charge in [0.2, 0.25) is 0 Å². The molecule has 182 valence electrons. The lowest BCUT2D eigenvalue weighted by molar-refractivity contribution is 0.101. The van der Waals surface area contributed by atoms with Crippen molar-refractivity contribution in [3.63, 3.8) is 0 Å². The fourth-order valence-corrected chi connectivity index (χ4v) is 5.34. The molecule has 4 heterocycles. The minimum absolute atomic E-state index is 0.189. The van der Waals surface area contributed by atoms with E-state index in [-0.39, 0.29) is 5.91 Å². The normalized spacial score (nSPS) is 15.8. The summed E-state index contributed by atoms with van der Waals surface area (Å²) in [5.41, 5.74) is 7.14. The predicted octanol–water partition coefficient (Wildman–Crippen LogP) is 5.50. The number of halogens is 1. The molecule has 0 radical (unpaired) electrons. The van der Waals surface area contributed by atoms with Crippen molar-refractivity contribution in [3.05, 3.63) is 77.1 Å². The zero-order valence-corrected chi connectivity index (χ0v) is 21.0. The van der Waals surface area contributed by atoms with Crippen LogP contribution in [0.25, 0.3) is 16.9 Å². The number of aromatic nitrogens is 2. The van der Waals surface area contributed by atoms with Crippen molar-refractivity contribution in [2.75, 3.05) is 36.4 Å². The van der Waals surface area contributed by atoms with Gasteiger partial charge in [-0.25, -0.2) is 9.98 Å². The minimum Gasteiger partial charge on any atom is -0.368 e. The monoisotopic (exact) mass is 498 g/mol. The van der Waals surface area contributed by atoms with Gasteiger partial charge in [0.25, 0.3) is 5.91 Å². The molecule has 0 unspecified atom stereocenters. The number of fused-ring (bicyclic) bond motifs is 2. The number of pyridine rings is 1. The first-order valence-corrected chi connectivity index (χ1v) is 12.6. The van der Waals surface area contributed by atoms with Crippen LogP contribution in [0.4, 0.5) is 17.1 Å². The van der Waals surface area contributed by atoms with Crippen molar-refractivity contribution in [1.29, 1.82) is 0 Å². The zero-order valence-electron chi connectivity index (χ0n) is 20.3. The Hall–Kier alpha value is -3.68. The number of hydrogen-bond donors (Lipinski definition) is 1. The van der Waals surface area contributed by atoms with Gasteiger partial charge in [-0.2, -0.15) is 0 Å². The third-order valence-electron chi connectivity index (χ3n) is 7.06. The SMILES string of the molecule is CC(C)N1CCN(c2ccc(Nc3ccc(-c4ccc5c(c4)C=NC5=O)n4ccnc34)cc2Cl)CC1. The Morgan fingerprint density at radius 2 is 1.83 bits per heavy atom. The number of carbonyl (C=O) groups excluding carboxylic acids is 1. The van der Waals surface area contributed by atoms with Gasteiger partial charge < -0.3 is 10.2 Å². The standard InChI is InChI=1S/C28H27ClN6O/c1-18(2)33-11-13-34(14-12-33)26-7-4-21(16-23(26)29)32-24-6-8-25(35-10-9-30-27(24)35)19-3-5-22-20(15-19)17-31-28(22)36/h3-10,15-18,32H,11-14H2,1-2H3. The van der Waals surface area contributed by atoms with Crippen molar-refractivity contribution < 1.29 is 4.79 Å². The van der Waals surface area contributed by atoms with Crippen molar-refractivity contribution in [2.45, 2.75) is 19.9 Å². The van der Waals surface area contributed by atoms with E-state index in [0.717, 1.165) is 70.7 Å². The van der Waals surface area contributed by atoms with Gasteiger partial charge in [0.05, 0.1) is 27.7 Å². The molecule has 0 saturated carbocycles. The number of amides is 1. The molecule has 7 nitrogen and oxygen atoms in total. The fraction of sp³-hybridized carbons (Fsp3) is 0.250. The molecular formula is C28H27ClN6O. The summed E-state index contributed by atoms with van der Waals surface area (Å²) in [7, 11) is 0. The minimum atomic E-state index is -0.189. The molecule has 0 spiro atoms. The Bertz CT molecular complexity index is 1500. The van der Waals surface area contributed by atoms with Crippen LogP contribution in [0.2, 0.25) is 5.02 Å². The van der Waals surface area contributed by atoms with Crippen LogP contribution < -0.4 is 10.2 Å². The number of carbonyl (C=O) groups is 1. The third kappa shape index (κ3) is 4.04. The lowest BCUT2D eigenvalue weighted by Gasteiger charge is -2.38. The number of benzene rings is 2. The highest BCUT2D eigenvalue weighted by Crippen LogP contribution is 2.33. The van der Waals surface area contributed by atoms with Gasteiger partial charge in [-0.05, 0) is 61.9 Å². The molecule has 36 heavy (non-hydrogen) atoms. The van der Waals surface area contributed by atoms with Gasteiger partial charge in [0.15, 0.2) is 5.65 Å². The number of imidazole rings is 1. The Labute approximate surface area is 215 Å². The second-order valence-electron chi connectivity index (χ2n) is 9.53. The van der Waals surface area contributed by atoms with Crippen LogP contribution in [0.3, 0.4) is 0 Å². The summed E-state index contributed by atoms with van der Waals surface area (Å²) in [6.07, 6.45) is 5.35. The van der Waals surface area contributed by atoms with Crippen LogP contribution in [0.5, 0.6) is 0 Å². The first kappa shape index (κ1) is 22.8. The first-order chi connectivity index (χ1) is 17.5. The van der Waals surface area contributed by atoms with E-state index >= 15 is 0 Å². The van der Waals surface area contributed by atoms with Crippen LogP contribution in [0.1, 0.15) is 29.8 Å². The molecule has 1 N–H and O–H groups in total. The van der Waals surface area contributed by atoms with Crippen molar-refractivity contribution in [3.8, 4) is 11.3 Å². The molecule has 0 bridgehead atoms. The van der Waals surface area contributed by atoms with Gasteiger partial charge >= 0.3 is 0 Å². The Balaban J connectivity index is 1.25. The molecule has 1 amide bonds. The zero-order chi connectivity index (χ0) is 24.8. The number of aliphatic imine (C=N–C) groups is 1. The molecule has 8 heteroatoms. The highest BCUT2D eigenvalue weighted by molar-refractivity contribution is 6.33. The van der Waals surface area contributed by atoms with Crippen LogP contribution in [0.15, 0.2) is 65.9 Å². The smallest absolute Gasteiger partial charge is 0.277 e. The van der Waals surface area contributed by atoms with E-state index in [1.54, 1.807) is 12.4 Å². The largest absolute Gasteiger partial charge is 0.368 e. The van der Waals surface area contributed by atoms with E-state index in [2.05, 4.69) is 57.1 Å². The van der Waals surface area contributed by atoms with Gasteiger partial charge in [-0.15, -0.1) is 0 Å². The summed E-state index contributed by atoms with van der Waals surface area (Å²) in [6.45, 7) is 8.54. The van der Waals surface area contributed by atoms with E-state index < -0.39 is 0 Å². The van der Waals surface area contributed by atoms with E-state index in [1.807, 2.05) is 40.9 Å². The predicted molar refractivity (Wildman–Crippen MR) is 146 cm³/mol. The fourth-order valence-electron chi connectivity index (χ4n) is 5.04. The van der Waals surface area contributed by atoms with Gasteiger partial charge in [-0.1, -0.05) is 17.7 Å². The lowest BCUT2D eigenvalue weighted by atomic mass is 10.0. The molecule has 1 saturated heterocycles. The molecule has 2 aliphatic rings. The summed E-state index contributed by atoms with van der Waals surface area (Å²) in [6, 6.07) is 16.6. The molecule has 2 aromatic carbocycles. The second-order valence-corrected chi connectivity index (χ2v) is 9.93. The molecule has 0 atom stereocenters. The summed E-state index contributed by atoms with van der Waals surface area (Å²) >= 11 is 6.74. The van der Waals surface area contributed by atoms with E-state index in [9.17, 15) is 4.79 Å². The summed E-state index contributed by atoms with van der Waals surface area (Å²) in [5, 5.41) is 4.23. The average Bonchev–Trinajstić information content (AvgIpc) is 3.52. The number of hydrogen-bond acceptors (Lipinski definition) is 5. The summed E-state index contributed by atoms with van der Waals surface area (Å²) < 4.78 is 2.04. The number of nitrogens with one attached hydrogen (secondary N) is 1. The summed E-state index contributed by atoms with van der Waals surface area (Å²) in [5.74, 6) is -0.189. The molecule has 2 aromatic heterocycles. The number of piperazine rings is 1. The van der Waals surface area contributed by atoms with E-state index in [1.165, 1.54) is 0 Å². The summed E-state index contributed by atoms with van der Waals surface area (Å²) in [4.78, 5) is 25.2. The quantitative estimate of drug-likeness (QED) is 0.393. The van der Waals surface area contributed by atoms with Crippen LogP contribution in [-0.2, 0) is 0 Å². The maximum atomic E-state index is 11.8. The van der Waals surface area contributed by atoms with Crippen LogP contribution in [0, 0.1) is 0 Å². The Morgan fingerprint density at radius 3 is 2.61 bits per heavy atom. The molecule has 0 aliphatic carbocycles. The van der Waals surface area contributed by atoms with Crippen molar-refractivity contribution >= 4 is 46.4 Å². The number of rotatable bonds is 5. The lowest BCUT2D eigenvalue weighted by Crippen LogP contribution is -2.49. The number of nitrogens with zero attached hydrogens (tertiary/aromatic N) is 5. The maximum Gasteiger partial charge on any atom is 0.277 e. The average molecular weight is 499 g/mol. The van der Waals surface area contributed by atoms with Gasteiger partial charge in [0.1, 0.15) is 0 Å². The molecular weight excluding hydrogens is 472 g/mol. The second kappa shape index (κ2) is 9.08. The van der Waals surface area contributed by atoms with Crippen LogP contribution >= 0.6 is 11.6 Å². The van der Waals surface area contributed by atoms with E-state index in [0.29, 0.717) is 11.6 Å². The Kier molecular flexibility index (Phi) is 5.74. The molecule has 4 aromatic rings.